The molecule has 0 amide bonds. The summed E-state index contributed by atoms with van der Waals surface area (Å²) in [7, 11) is 0. The third-order valence-corrected chi connectivity index (χ3v) is 3.79. The maximum Gasteiger partial charge on any atom is 0.243 e. The largest absolute Gasteiger partial charge is 0.456 e. The van der Waals surface area contributed by atoms with Crippen LogP contribution in [0.4, 0.5) is 0 Å². The van der Waals surface area contributed by atoms with Crippen molar-refractivity contribution in [3.63, 3.8) is 0 Å². The summed E-state index contributed by atoms with van der Waals surface area (Å²) in [5, 5.41) is 0. The van der Waals surface area contributed by atoms with Crippen LogP contribution in [0.3, 0.4) is 0 Å². The zero-order valence-corrected chi connectivity index (χ0v) is 12.1. The molecule has 18 heavy (non-hydrogen) atoms. The van der Waals surface area contributed by atoms with Crippen LogP contribution in [0, 0.1) is 0 Å². The van der Waals surface area contributed by atoms with Crippen molar-refractivity contribution >= 4 is 34.2 Å². The molecule has 3 nitrogen and oxygen atoms in total. The van der Waals surface area contributed by atoms with Gasteiger partial charge in [-0.1, -0.05) is 18.2 Å². The lowest BCUT2D eigenvalue weighted by Crippen LogP contribution is -2.23. The van der Waals surface area contributed by atoms with Crippen molar-refractivity contribution in [2.75, 3.05) is 0 Å². The highest BCUT2D eigenvalue weighted by atomic mass is 127. The zero-order chi connectivity index (χ0) is 13.3. The Labute approximate surface area is 119 Å². The summed E-state index contributed by atoms with van der Waals surface area (Å²) in [6, 6.07) is 9.20. The Hall–Kier alpha value is -1.43. The molecule has 0 aromatic heterocycles. The topological polar surface area (TPSA) is 43.4 Å². The van der Waals surface area contributed by atoms with Crippen molar-refractivity contribution in [3.05, 3.63) is 50.8 Å². The molecule has 0 heterocycles. The molecular weight excluding hydrogens is 343 g/mol. The van der Waals surface area contributed by atoms with Gasteiger partial charge in [-0.3, -0.25) is 9.59 Å². The van der Waals surface area contributed by atoms with Gasteiger partial charge in [-0.25, -0.2) is 0 Å². The number of halogens is 1. The number of para-hydroxylation sites is 1. The maximum absolute atomic E-state index is 11.8. The number of carbonyl (C=O) groups excluding carboxylic acids is 2. The predicted molar refractivity (Wildman–Crippen MR) is 76.5 cm³/mol. The van der Waals surface area contributed by atoms with Crippen molar-refractivity contribution in [3.8, 4) is 5.75 Å². The van der Waals surface area contributed by atoms with Crippen molar-refractivity contribution in [1.29, 1.82) is 0 Å². The van der Waals surface area contributed by atoms with Crippen LogP contribution in [-0.4, -0.2) is 11.6 Å². The lowest BCUT2D eigenvalue weighted by atomic mass is 9.96. The predicted octanol–water partition coefficient (Wildman–Crippen LogP) is 3.20. The van der Waals surface area contributed by atoms with Gasteiger partial charge < -0.3 is 4.74 Å². The van der Waals surface area contributed by atoms with E-state index in [1.54, 1.807) is 26.0 Å². The number of ether oxygens (including phenoxy) is 1. The zero-order valence-electron chi connectivity index (χ0n) is 9.99. The first-order chi connectivity index (χ1) is 8.52. The Morgan fingerprint density at radius 3 is 2.17 bits per heavy atom. The fourth-order valence-corrected chi connectivity index (χ4v) is 2.37. The van der Waals surface area contributed by atoms with E-state index in [9.17, 15) is 9.59 Å². The van der Waals surface area contributed by atoms with E-state index in [-0.39, 0.29) is 0 Å². The van der Waals surface area contributed by atoms with E-state index in [0.717, 1.165) is 0 Å². The number of rotatable bonds is 2. The second-order valence-corrected chi connectivity index (χ2v) is 5.05. The molecule has 0 bridgehead atoms. The molecule has 0 spiro atoms. The van der Waals surface area contributed by atoms with Gasteiger partial charge in [0.25, 0.3) is 0 Å². The fraction of sp³-hybridized carbons (Fsp3) is 0.143. The molecule has 1 aromatic carbocycles. The Kier molecular flexibility index (Phi) is 3.65. The van der Waals surface area contributed by atoms with Crippen molar-refractivity contribution in [2.24, 2.45) is 0 Å². The highest BCUT2D eigenvalue weighted by Crippen LogP contribution is 2.31. The number of hydrogen-bond donors (Lipinski definition) is 0. The molecule has 1 aliphatic carbocycles. The van der Waals surface area contributed by atoms with E-state index < -0.39 is 11.6 Å². The molecule has 0 saturated heterocycles. The molecule has 1 aromatic rings. The van der Waals surface area contributed by atoms with Crippen LogP contribution in [0.1, 0.15) is 13.8 Å². The van der Waals surface area contributed by atoms with E-state index in [2.05, 4.69) is 0 Å². The van der Waals surface area contributed by atoms with Gasteiger partial charge in [-0.15, -0.1) is 0 Å². The third-order valence-electron chi connectivity index (χ3n) is 2.81. The quantitative estimate of drug-likeness (QED) is 0.465. The molecule has 0 fully saturated rings. The minimum Gasteiger partial charge on any atom is -0.456 e. The van der Waals surface area contributed by atoms with Gasteiger partial charge in [0.1, 0.15) is 15.1 Å². The highest BCUT2D eigenvalue weighted by molar-refractivity contribution is 14.1. The summed E-state index contributed by atoms with van der Waals surface area (Å²) in [5.74, 6) is 0.182. The van der Waals surface area contributed by atoms with Crippen molar-refractivity contribution in [1.82, 2.24) is 0 Å². The molecule has 0 saturated carbocycles. The van der Waals surface area contributed by atoms with Crippen LogP contribution >= 0.6 is 22.6 Å². The Bertz CT molecular complexity index is 582. The number of allylic oxidation sites excluding steroid dienone is 3. The fourth-order valence-electron chi connectivity index (χ4n) is 1.61. The SMILES string of the molecule is CC1=C(C)C(Oc2ccccc2)=C(I)C(=O)C1=O. The standard InChI is InChI=1S/C14H11IO3/c1-8-9(2)14(11(15)13(17)12(8)16)18-10-6-4-3-5-7-10/h3-7H,1-2H3. The second-order valence-electron chi connectivity index (χ2n) is 3.97. The normalized spacial score (nSPS) is 16.4. The van der Waals surface area contributed by atoms with Crippen LogP contribution in [0.25, 0.3) is 0 Å². The van der Waals surface area contributed by atoms with Crippen LogP contribution in [-0.2, 0) is 9.59 Å². The molecular formula is C14H11IO3. The van der Waals surface area contributed by atoms with E-state index >= 15 is 0 Å². The lowest BCUT2D eigenvalue weighted by Gasteiger charge is -2.18. The van der Waals surface area contributed by atoms with Gasteiger partial charge in [-0.05, 0) is 54.1 Å². The van der Waals surface area contributed by atoms with Gasteiger partial charge in [0, 0.05) is 5.57 Å². The molecule has 0 radical (unpaired) electrons. The van der Waals surface area contributed by atoms with Crippen molar-refractivity contribution < 1.29 is 14.3 Å². The Balaban J connectivity index is 2.43. The average Bonchev–Trinajstić information content (AvgIpc) is 2.40. The molecule has 1 aliphatic rings. The van der Waals surface area contributed by atoms with Crippen LogP contribution in [0.5, 0.6) is 5.75 Å². The van der Waals surface area contributed by atoms with E-state index in [1.807, 2.05) is 40.8 Å². The van der Waals surface area contributed by atoms with E-state index in [1.165, 1.54) is 0 Å². The van der Waals surface area contributed by atoms with Crippen LogP contribution in [0.15, 0.2) is 50.8 Å². The number of benzene rings is 1. The summed E-state index contributed by atoms with van der Waals surface area (Å²) >= 11 is 1.86. The molecule has 0 atom stereocenters. The van der Waals surface area contributed by atoms with Gasteiger partial charge in [0.05, 0.1) is 0 Å². The summed E-state index contributed by atoms with van der Waals surface area (Å²) in [6.07, 6.45) is 0. The number of hydrogen-bond acceptors (Lipinski definition) is 3. The minimum absolute atomic E-state index is 0.338. The number of carbonyl (C=O) groups is 2. The summed E-state index contributed by atoms with van der Waals surface area (Å²) < 4.78 is 6.05. The molecule has 0 N–H and O–H groups in total. The highest BCUT2D eigenvalue weighted by Gasteiger charge is 2.31. The monoisotopic (exact) mass is 354 g/mol. The van der Waals surface area contributed by atoms with Gasteiger partial charge >= 0.3 is 0 Å². The first-order valence-electron chi connectivity index (χ1n) is 5.42. The van der Waals surface area contributed by atoms with Crippen LogP contribution < -0.4 is 4.74 Å². The second kappa shape index (κ2) is 5.06. The molecule has 92 valence electrons. The van der Waals surface area contributed by atoms with Gasteiger partial charge in [0.2, 0.25) is 11.6 Å². The average molecular weight is 354 g/mol. The first-order valence-corrected chi connectivity index (χ1v) is 6.49. The Morgan fingerprint density at radius 1 is 0.944 bits per heavy atom. The molecule has 0 aliphatic heterocycles. The Morgan fingerprint density at radius 2 is 1.56 bits per heavy atom. The van der Waals surface area contributed by atoms with Crippen molar-refractivity contribution in [2.45, 2.75) is 13.8 Å². The van der Waals surface area contributed by atoms with E-state index in [0.29, 0.717) is 26.2 Å². The summed E-state index contributed by atoms with van der Waals surface area (Å²) in [6.45, 7) is 3.43. The molecule has 2 rings (SSSR count). The molecule has 0 unspecified atom stereocenters. The smallest absolute Gasteiger partial charge is 0.243 e. The van der Waals surface area contributed by atoms with E-state index in [4.69, 9.17) is 4.74 Å². The number of Topliss-reactive ketones (excluding diaryl/α,β-unsaturated/α-hetero) is 2. The summed E-state index contributed by atoms with van der Waals surface area (Å²) in [4.78, 5) is 23.4. The third kappa shape index (κ3) is 2.25. The maximum atomic E-state index is 11.8. The van der Waals surface area contributed by atoms with Gasteiger partial charge in [0.15, 0.2) is 0 Å². The minimum atomic E-state index is -0.496. The lowest BCUT2D eigenvalue weighted by molar-refractivity contribution is -0.131. The van der Waals surface area contributed by atoms with Gasteiger partial charge in [-0.2, -0.15) is 0 Å². The van der Waals surface area contributed by atoms with Crippen LogP contribution in [0.2, 0.25) is 0 Å². The molecule has 4 heteroatoms. The number of ketones is 2. The summed E-state index contributed by atoms with van der Waals surface area (Å²) in [5.41, 5.74) is 1.17. The first kappa shape index (κ1) is 13.0.